The van der Waals surface area contributed by atoms with Crippen molar-refractivity contribution in [2.75, 3.05) is 19.5 Å². The van der Waals surface area contributed by atoms with Gasteiger partial charge in [0.1, 0.15) is 11.5 Å². The van der Waals surface area contributed by atoms with Crippen LogP contribution in [0.5, 0.6) is 11.5 Å². The smallest absolute Gasteiger partial charge is 0.319 e. The van der Waals surface area contributed by atoms with Crippen molar-refractivity contribution in [2.45, 2.75) is 20.4 Å². The number of anilines is 1. The van der Waals surface area contributed by atoms with Gasteiger partial charge in [0.05, 0.1) is 37.2 Å². The summed E-state index contributed by atoms with van der Waals surface area (Å²) in [6.07, 6.45) is 0. The van der Waals surface area contributed by atoms with Crippen LogP contribution in [0.4, 0.5) is 10.5 Å². The summed E-state index contributed by atoms with van der Waals surface area (Å²) in [7, 11) is 3.12. The van der Waals surface area contributed by atoms with Gasteiger partial charge in [-0.25, -0.2) is 9.78 Å². The summed E-state index contributed by atoms with van der Waals surface area (Å²) in [4.78, 5) is 17.4. The van der Waals surface area contributed by atoms with Gasteiger partial charge in [-0.15, -0.1) is 11.3 Å². The van der Waals surface area contributed by atoms with E-state index in [1.807, 2.05) is 13.8 Å². The third-order valence-corrected chi connectivity index (χ3v) is 4.14. The molecule has 0 fully saturated rings. The number of rotatable bonds is 5. The Hall–Kier alpha value is -2.28. The van der Waals surface area contributed by atoms with Gasteiger partial charge >= 0.3 is 6.03 Å². The number of thiazole rings is 1. The molecule has 1 aromatic carbocycles. The fraction of sp³-hybridized carbons (Fsp3) is 0.333. The molecule has 6 nitrogen and oxygen atoms in total. The molecule has 2 N–H and O–H groups in total. The molecule has 0 bridgehead atoms. The Morgan fingerprint density at radius 3 is 2.64 bits per heavy atom. The van der Waals surface area contributed by atoms with E-state index < -0.39 is 0 Å². The Morgan fingerprint density at radius 2 is 2.05 bits per heavy atom. The Kier molecular flexibility index (Phi) is 5.21. The summed E-state index contributed by atoms with van der Waals surface area (Å²) in [6.45, 7) is 4.32. The molecule has 7 heteroatoms. The minimum atomic E-state index is -0.308. The van der Waals surface area contributed by atoms with E-state index in [4.69, 9.17) is 9.47 Å². The van der Waals surface area contributed by atoms with Crippen molar-refractivity contribution in [3.63, 3.8) is 0 Å². The molecule has 0 spiro atoms. The molecule has 0 atom stereocenters. The van der Waals surface area contributed by atoms with Crippen molar-refractivity contribution in [2.24, 2.45) is 0 Å². The summed E-state index contributed by atoms with van der Waals surface area (Å²) in [6, 6.07) is 4.91. The number of methoxy groups -OCH3 is 2. The Morgan fingerprint density at radius 1 is 1.27 bits per heavy atom. The van der Waals surface area contributed by atoms with Gasteiger partial charge in [0.2, 0.25) is 0 Å². The van der Waals surface area contributed by atoms with Gasteiger partial charge in [0, 0.05) is 10.9 Å². The van der Waals surface area contributed by atoms with Crippen molar-refractivity contribution in [1.82, 2.24) is 10.3 Å². The van der Waals surface area contributed by atoms with E-state index in [-0.39, 0.29) is 6.03 Å². The van der Waals surface area contributed by atoms with Crippen LogP contribution < -0.4 is 20.1 Å². The molecule has 0 unspecified atom stereocenters. The van der Waals surface area contributed by atoms with Crippen LogP contribution in [0, 0.1) is 13.8 Å². The second-order valence-corrected chi connectivity index (χ2v) is 5.90. The zero-order valence-corrected chi connectivity index (χ0v) is 13.8. The fourth-order valence-electron chi connectivity index (χ4n) is 1.98. The summed E-state index contributed by atoms with van der Waals surface area (Å²) in [5, 5.41) is 6.57. The largest absolute Gasteiger partial charge is 0.497 e. The lowest BCUT2D eigenvalue weighted by Gasteiger charge is -2.12. The molecule has 2 aromatic rings. The number of ether oxygens (including phenoxy) is 2. The summed E-state index contributed by atoms with van der Waals surface area (Å²) in [5.41, 5.74) is 1.50. The number of nitrogens with one attached hydrogen (secondary N) is 2. The quantitative estimate of drug-likeness (QED) is 0.887. The standard InChI is InChI=1S/C15H19N3O3S/c1-9-14(22-10(2)17-9)8-16-15(19)18-12-7-11(20-3)5-6-13(12)21-4/h5-7H,8H2,1-4H3,(H2,16,18,19). The minimum Gasteiger partial charge on any atom is -0.497 e. The highest BCUT2D eigenvalue weighted by molar-refractivity contribution is 7.11. The molecular weight excluding hydrogens is 302 g/mol. The number of nitrogens with zero attached hydrogens (tertiary/aromatic N) is 1. The lowest BCUT2D eigenvalue weighted by molar-refractivity contribution is 0.251. The molecule has 1 heterocycles. The van der Waals surface area contributed by atoms with E-state index >= 15 is 0 Å². The number of hydrogen-bond acceptors (Lipinski definition) is 5. The van der Waals surface area contributed by atoms with Crippen LogP contribution >= 0.6 is 11.3 Å². The van der Waals surface area contributed by atoms with E-state index in [0.29, 0.717) is 23.7 Å². The monoisotopic (exact) mass is 321 g/mol. The maximum atomic E-state index is 12.0. The SMILES string of the molecule is COc1ccc(OC)c(NC(=O)NCc2sc(C)nc2C)c1. The molecule has 0 aliphatic carbocycles. The zero-order valence-electron chi connectivity index (χ0n) is 13.0. The zero-order chi connectivity index (χ0) is 16.1. The van der Waals surface area contributed by atoms with E-state index in [1.165, 1.54) is 0 Å². The Bertz CT molecular complexity index is 670. The second-order valence-electron chi connectivity index (χ2n) is 4.62. The highest BCUT2D eigenvalue weighted by Crippen LogP contribution is 2.28. The minimum absolute atomic E-state index is 0.308. The normalized spacial score (nSPS) is 10.2. The van der Waals surface area contributed by atoms with Crippen LogP contribution in [0.15, 0.2) is 18.2 Å². The molecule has 0 aliphatic heterocycles. The number of carbonyl (C=O) groups is 1. The van der Waals surface area contributed by atoms with Gasteiger partial charge < -0.3 is 20.1 Å². The number of benzene rings is 1. The van der Waals surface area contributed by atoms with Crippen molar-refractivity contribution in [1.29, 1.82) is 0 Å². The number of aryl methyl sites for hydroxylation is 2. The van der Waals surface area contributed by atoms with E-state index in [1.54, 1.807) is 43.8 Å². The van der Waals surface area contributed by atoms with Crippen molar-refractivity contribution >= 4 is 23.1 Å². The molecule has 1 aromatic heterocycles. The average molecular weight is 321 g/mol. The van der Waals surface area contributed by atoms with Gasteiger partial charge in [-0.3, -0.25) is 0 Å². The first-order chi connectivity index (χ1) is 10.5. The van der Waals surface area contributed by atoms with Gasteiger partial charge in [0.25, 0.3) is 0 Å². The Balaban J connectivity index is 2.01. The van der Waals surface area contributed by atoms with Crippen molar-refractivity contribution < 1.29 is 14.3 Å². The first-order valence-corrected chi connectivity index (χ1v) is 7.55. The van der Waals surface area contributed by atoms with E-state index in [9.17, 15) is 4.79 Å². The highest BCUT2D eigenvalue weighted by Gasteiger charge is 2.10. The van der Waals surface area contributed by atoms with Gasteiger partial charge in [-0.1, -0.05) is 0 Å². The van der Waals surface area contributed by atoms with E-state index in [2.05, 4.69) is 15.6 Å². The van der Waals surface area contributed by atoms with Crippen LogP contribution in [0.2, 0.25) is 0 Å². The van der Waals surface area contributed by atoms with Crippen LogP contribution in [0.1, 0.15) is 15.6 Å². The average Bonchev–Trinajstić information content (AvgIpc) is 2.83. The Labute approximate surface area is 133 Å². The van der Waals surface area contributed by atoms with Crippen molar-refractivity contribution in [3.05, 3.63) is 33.8 Å². The van der Waals surface area contributed by atoms with Gasteiger partial charge in [-0.05, 0) is 26.0 Å². The summed E-state index contributed by atoms with van der Waals surface area (Å²) < 4.78 is 10.4. The van der Waals surface area contributed by atoms with Gasteiger partial charge in [-0.2, -0.15) is 0 Å². The molecule has 2 amide bonds. The third-order valence-electron chi connectivity index (χ3n) is 3.06. The number of hydrogen-bond donors (Lipinski definition) is 2. The number of aromatic nitrogens is 1. The number of amides is 2. The predicted octanol–water partition coefficient (Wildman–Crippen LogP) is 3.10. The fourth-order valence-corrected chi connectivity index (χ4v) is 2.85. The van der Waals surface area contributed by atoms with Crippen molar-refractivity contribution in [3.8, 4) is 11.5 Å². The van der Waals surface area contributed by atoms with Crippen LogP contribution in [-0.2, 0) is 6.54 Å². The first kappa shape index (κ1) is 16.1. The van der Waals surface area contributed by atoms with Crippen LogP contribution in [0.25, 0.3) is 0 Å². The molecule has 2 rings (SSSR count). The number of urea groups is 1. The topological polar surface area (TPSA) is 72.5 Å². The molecule has 0 aliphatic rings. The summed E-state index contributed by atoms with van der Waals surface area (Å²) in [5.74, 6) is 1.21. The predicted molar refractivity (Wildman–Crippen MR) is 87.0 cm³/mol. The highest BCUT2D eigenvalue weighted by atomic mass is 32.1. The molecule has 118 valence electrons. The van der Waals surface area contributed by atoms with Crippen LogP contribution in [0.3, 0.4) is 0 Å². The molecule has 0 saturated carbocycles. The molecular formula is C15H19N3O3S. The third kappa shape index (κ3) is 3.88. The van der Waals surface area contributed by atoms with Gasteiger partial charge in [0.15, 0.2) is 0 Å². The first-order valence-electron chi connectivity index (χ1n) is 6.73. The van der Waals surface area contributed by atoms with E-state index in [0.717, 1.165) is 15.6 Å². The molecule has 0 radical (unpaired) electrons. The number of carbonyl (C=O) groups excluding carboxylic acids is 1. The lowest BCUT2D eigenvalue weighted by Crippen LogP contribution is -2.28. The second kappa shape index (κ2) is 7.13. The molecule has 0 saturated heterocycles. The maximum Gasteiger partial charge on any atom is 0.319 e. The maximum absolute atomic E-state index is 12.0. The molecule has 22 heavy (non-hydrogen) atoms. The lowest BCUT2D eigenvalue weighted by atomic mass is 10.2. The summed E-state index contributed by atoms with van der Waals surface area (Å²) >= 11 is 1.58. The van der Waals surface area contributed by atoms with Crippen LogP contribution in [-0.4, -0.2) is 25.2 Å².